The molecule has 2 aromatic heterocycles. The number of ether oxygens (including phenoxy) is 1. The molecule has 0 aliphatic heterocycles. The zero-order valence-electron chi connectivity index (χ0n) is 12.0. The summed E-state index contributed by atoms with van der Waals surface area (Å²) in [5.74, 6) is 0.243. The summed E-state index contributed by atoms with van der Waals surface area (Å²) < 4.78 is 5.12. The minimum atomic E-state index is -0.483. The second-order valence-electron chi connectivity index (χ2n) is 4.79. The number of hydrogen-bond acceptors (Lipinski definition) is 3. The molecular formula is C17H15N3O2. The molecule has 0 aliphatic rings. The topological polar surface area (TPSA) is 81.0 Å². The number of fused-ring (bicyclic) bond motifs is 1. The van der Waals surface area contributed by atoms with Crippen molar-refractivity contribution in [3.8, 4) is 5.75 Å². The molecule has 5 nitrogen and oxygen atoms in total. The van der Waals surface area contributed by atoms with Crippen LogP contribution in [0.1, 0.15) is 11.1 Å². The lowest BCUT2D eigenvalue weighted by molar-refractivity contribution is -0.112. The summed E-state index contributed by atoms with van der Waals surface area (Å²) in [4.78, 5) is 19.1. The summed E-state index contributed by atoms with van der Waals surface area (Å²) in [6, 6.07) is 11.0. The average Bonchev–Trinajstić information content (AvgIpc) is 2.95. The van der Waals surface area contributed by atoms with E-state index in [0.717, 1.165) is 27.9 Å². The predicted molar refractivity (Wildman–Crippen MR) is 86.2 cm³/mol. The first kappa shape index (κ1) is 13.9. The van der Waals surface area contributed by atoms with Crippen LogP contribution in [0, 0.1) is 0 Å². The molecule has 0 unspecified atom stereocenters. The van der Waals surface area contributed by atoms with E-state index in [1.165, 1.54) is 0 Å². The Labute approximate surface area is 127 Å². The van der Waals surface area contributed by atoms with E-state index in [2.05, 4.69) is 9.97 Å². The number of carbonyl (C=O) groups is 1. The molecule has 0 bridgehead atoms. The van der Waals surface area contributed by atoms with E-state index in [1.807, 2.05) is 30.5 Å². The fourth-order valence-electron chi connectivity index (χ4n) is 2.32. The van der Waals surface area contributed by atoms with Gasteiger partial charge in [0.1, 0.15) is 11.4 Å². The number of benzene rings is 1. The van der Waals surface area contributed by atoms with Gasteiger partial charge in [0.2, 0.25) is 5.91 Å². The number of primary amides is 1. The van der Waals surface area contributed by atoms with E-state index in [-0.39, 0.29) is 0 Å². The Morgan fingerprint density at radius 2 is 2.05 bits per heavy atom. The Bertz CT molecular complexity index is 848. The number of pyridine rings is 1. The fourth-order valence-corrected chi connectivity index (χ4v) is 2.32. The highest BCUT2D eigenvalue weighted by Crippen LogP contribution is 2.24. The lowest BCUT2D eigenvalue weighted by Crippen LogP contribution is -2.12. The average molecular weight is 293 g/mol. The number of carbonyl (C=O) groups excluding carboxylic acids is 1. The van der Waals surface area contributed by atoms with E-state index in [9.17, 15) is 4.79 Å². The number of aromatic amines is 1. The molecule has 1 aromatic carbocycles. The highest BCUT2D eigenvalue weighted by atomic mass is 16.5. The van der Waals surface area contributed by atoms with Crippen LogP contribution in [0.5, 0.6) is 5.75 Å². The number of aromatic nitrogens is 2. The monoisotopic (exact) mass is 293 g/mol. The van der Waals surface area contributed by atoms with Crippen molar-refractivity contribution in [1.82, 2.24) is 9.97 Å². The highest BCUT2D eigenvalue weighted by molar-refractivity contribution is 6.24. The third-order valence-electron chi connectivity index (χ3n) is 3.45. The second-order valence-corrected chi connectivity index (χ2v) is 4.79. The van der Waals surface area contributed by atoms with Crippen molar-refractivity contribution in [3.63, 3.8) is 0 Å². The Morgan fingerprint density at radius 1 is 1.27 bits per heavy atom. The molecule has 1 amide bonds. The van der Waals surface area contributed by atoms with Crippen molar-refractivity contribution in [2.24, 2.45) is 5.73 Å². The van der Waals surface area contributed by atoms with Crippen LogP contribution in [0.15, 0.2) is 48.8 Å². The summed E-state index contributed by atoms with van der Waals surface area (Å²) in [6.07, 6.45) is 5.29. The van der Waals surface area contributed by atoms with Crippen LogP contribution in [-0.4, -0.2) is 23.0 Å². The Kier molecular flexibility index (Phi) is 3.62. The van der Waals surface area contributed by atoms with Gasteiger partial charge in [0, 0.05) is 28.9 Å². The summed E-state index contributed by atoms with van der Waals surface area (Å²) in [7, 11) is 1.60. The van der Waals surface area contributed by atoms with Crippen LogP contribution >= 0.6 is 0 Å². The minimum absolute atomic E-state index is 0.437. The molecule has 0 atom stereocenters. The largest absolute Gasteiger partial charge is 0.497 e. The molecular weight excluding hydrogens is 278 g/mol. The first-order valence-corrected chi connectivity index (χ1v) is 6.77. The number of H-pyrrole nitrogens is 1. The minimum Gasteiger partial charge on any atom is -0.497 e. The number of nitrogens with two attached hydrogens (primary N) is 1. The maximum atomic E-state index is 11.8. The van der Waals surface area contributed by atoms with Crippen LogP contribution in [0.25, 0.3) is 22.7 Å². The Morgan fingerprint density at radius 3 is 2.73 bits per heavy atom. The first-order valence-electron chi connectivity index (χ1n) is 6.77. The van der Waals surface area contributed by atoms with Crippen molar-refractivity contribution in [2.45, 2.75) is 0 Å². The lowest BCUT2D eigenvalue weighted by atomic mass is 10.0. The zero-order valence-corrected chi connectivity index (χ0v) is 12.0. The van der Waals surface area contributed by atoms with Crippen molar-refractivity contribution < 1.29 is 9.53 Å². The van der Waals surface area contributed by atoms with E-state index in [1.54, 1.807) is 31.5 Å². The van der Waals surface area contributed by atoms with Gasteiger partial charge in [-0.15, -0.1) is 0 Å². The van der Waals surface area contributed by atoms with Crippen LogP contribution in [0.4, 0.5) is 0 Å². The van der Waals surface area contributed by atoms with E-state index in [0.29, 0.717) is 5.57 Å². The van der Waals surface area contributed by atoms with Crippen molar-refractivity contribution in [3.05, 3.63) is 59.9 Å². The van der Waals surface area contributed by atoms with Gasteiger partial charge in [-0.3, -0.25) is 4.79 Å². The van der Waals surface area contributed by atoms with Gasteiger partial charge < -0.3 is 15.5 Å². The highest BCUT2D eigenvalue weighted by Gasteiger charge is 2.10. The molecule has 0 radical (unpaired) electrons. The SMILES string of the molecule is COc1ccc(/C(=C/c2c[nH]c3ncccc23)C(N)=O)cc1. The number of nitrogens with one attached hydrogen (secondary N) is 1. The normalized spacial score (nSPS) is 11.6. The zero-order chi connectivity index (χ0) is 15.5. The fraction of sp³-hybridized carbons (Fsp3) is 0.0588. The summed E-state index contributed by atoms with van der Waals surface area (Å²) in [5, 5.41) is 0.940. The maximum absolute atomic E-state index is 11.8. The summed E-state index contributed by atoms with van der Waals surface area (Å²) in [6.45, 7) is 0. The number of amides is 1. The maximum Gasteiger partial charge on any atom is 0.249 e. The van der Waals surface area contributed by atoms with Crippen LogP contribution in [-0.2, 0) is 4.79 Å². The van der Waals surface area contributed by atoms with E-state index >= 15 is 0 Å². The number of nitrogens with zero attached hydrogens (tertiary/aromatic N) is 1. The summed E-state index contributed by atoms with van der Waals surface area (Å²) in [5.41, 5.74) is 8.35. The van der Waals surface area contributed by atoms with Gasteiger partial charge in [-0.25, -0.2) is 4.98 Å². The smallest absolute Gasteiger partial charge is 0.249 e. The second kappa shape index (κ2) is 5.73. The van der Waals surface area contributed by atoms with Crippen LogP contribution in [0.2, 0.25) is 0 Å². The van der Waals surface area contributed by atoms with Gasteiger partial charge in [-0.05, 0) is 35.9 Å². The van der Waals surface area contributed by atoms with Gasteiger partial charge in [0.05, 0.1) is 7.11 Å². The molecule has 3 N–H and O–H groups in total. The van der Waals surface area contributed by atoms with Crippen LogP contribution in [0.3, 0.4) is 0 Å². The third kappa shape index (κ3) is 2.56. The molecule has 0 fully saturated rings. The molecule has 3 aromatic rings. The Hall–Kier alpha value is -3.08. The molecule has 5 heteroatoms. The molecule has 0 saturated heterocycles. The number of rotatable bonds is 4. The van der Waals surface area contributed by atoms with Crippen LogP contribution < -0.4 is 10.5 Å². The lowest BCUT2D eigenvalue weighted by Gasteiger charge is -2.05. The predicted octanol–water partition coefficient (Wildman–Crippen LogP) is 2.60. The molecule has 0 aliphatic carbocycles. The van der Waals surface area contributed by atoms with Gasteiger partial charge >= 0.3 is 0 Å². The molecule has 2 heterocycles. The van der Waals surface area contributed by atoms with Gasteiger partial charge in [0.15, 0.2) is 0 Å². The van der Waals surface area contributed by atoms with Crippen molar-refractivity contribution >= 4 is 28.6 Å². The Balaban J connectivity index is 2.08. The van der Waals surface area contributed by atoms with Gasteiger partial charge in [0.25, 0.3) is 0 Å². The molecule has 3 rings (SSSR count). The molecule has 22 heavy (non-hydrogen) atoms. The van der Waals surface area contributed by atoms with Crippen molar-refractivity contribution in [2.75, 3.05) is 7.11 Å². The number of hydrogen-bond donors (Lipinski definition) is 2. The van der Waals surface area contributed by atoms with E-state index < -0.39 is 5.91 Å². The quantitative estimate of drug-likeness (QED) is 0.725. The van der Waals surface area contributed by atoms with Crippen molar-refractivity contribution in [1.29, 1.82) is 0 Å². The standard InChI is InChI=1S/C17H15N3O2/c1-22-13-6-4-11(5-7-13)15(16(18)21)9-12-10-20-17-14(12)3-2-8-19-17/h2-10H,1H3,(H2,18,21)(H,19,20)/b15-9-. The third-order valence-corrected chi connectivity index (χ3v) is 3.45. The van der Waals surface area contributed by atoms with Gasteiger partial charge in [-0.1, -0.05) is 12.1 Å². The summed E-state index contributed by atoms with van der Waals surface area (Å²) >= 11 is 0. The molecule has 0 saturated carbocycles. The molecule has 0 spiro atoms. The number of methoxy groups -OCH3 is 1. The molecule has 110 valence electrons. The van der Waals surface area contributed by atoms with Gasteiger partial charge in [-0.2, -0.15) is 0 Å². The first-order chi connectivity index (χ1) is 10.7. The van der Waals surface area contributed by atoms with E-state index in [4.69, 9.17) is 10.5 Å².